The highest BCUT2D eigenvalue weighted by Crippen LogP contribution is 2.31. The van der Waals surface area contributed by atoms with Crippen molar-refractivity contribution in [3.63, 3.8) is 0 Å². The maximum atomic E-state index is 12.5. The summed E-state index contributed by atoms with van der Waals surface area (Å²) in [7, 11) is 1.55. The number of aryl methyl sites for hydroxylation is 1. The summed E-state index contributed by atoms with van der Waals surface area (Å²) in [6.07, 6.45) is 1.81. The lowest BCUT2D eigenvalue weighted by atomic mass is 10.2. The number of hydrogen-bond acceptors (Lipinski definition) is 5. The number of nitrogens with zero attached hydrogens (tertiary/aromatic N) is 2. The van der Waals surface area contributed by atoms with Crippen molar-refractivity contribution in [3.8, 4) is 5.75 Å². The fourth-order valence-electron chi connectivity index (χ4n) is 2.69. The molecule has 6 nitrogen and oxygen atoms in total. The van der Waals surface area contributed by atoms with Crippen LogP contribution < -0.4 is 10.1 Å². The van der Waals surface area contributed by atoms with Crippen LogP contribution in [0.25, 0.3) is 10.9 Å². The minimum Gasteiger partial charge on any atom is -0.495 e. The summed E-state index contributed by atoms with van der Waals surface area (Å²) in [6, 6.07) is 9.34. The third-order valence-electron chi connectivity index (χ3n) is 3.99. The first-order valence-corrected chi connectivity index (χ1v) is 9.65. The first kappa shape index (κ1) is 19.5. The van der Waals surface area contributed by atoms with Gasteiger partial charge in [0.05, 0.1) is 30.4 Å². The smallest absolute Gasteiger partial charge is 0.239 e. The third-order valence-corrected chi connectivity index (χ3v) is 5.45. The number of aromatic nitrogens is 2. The van der Waals surface area contributed by atoms with Crippen LogP contribution >= 0.6 is 23.5 Å². The van der Waals surface area contributed by atoms with Gasteiger partial charge in [-0.05, 0) is 54.8 Å². The van der Waals surface area contributed by atoms with E-state index in [1.165, 1.54) is 0 Å². The van der Waals surface area contributed by atoms with Crippen LogP contribution in [0.1, 0.15) is 12.5 Å². The van der Waals surface area contributed by atoms with E-state index in [9.17, 15) is 4.79 Å². The van der Waals surface area contributed by atoms with Gasteiger partial charge < -0.3 is 10.1 Å². The molecule has 2 N–H and O–H groups in total. The van der Waals surface area contributed by atoms with Crippen molar-refractivity contribution >= 4 is 46.0 Å². The number of carbonyl (C=O) groups excluding carboxylic acids is 1. The lowest BCUT2D eigenvalue weighted by molar-refractivity contribution is -0.116. The second kappa shape index (κ2) is 8.65. The van der Waals surface area contributed by atoms with Gasteiger partial charge in [0.1, 0.15) is 5.75 Å². The maximum Gasteiger partial charge on any atom is 0.239 e. The number of ether oxygens (including phenoxy) is 1. The van der Waals surface area contributed by atoms with Crippen molar-refractivity contribution in [2.45, 2.75) is 18.7 Å². The number of hydrogen-bond donors (Lipinski definition) is 2. The Morgan fingerprint density at radius 2 is 2.19 bits per heavy atom. The van der Waals surface area contributed by atoms with Crippen LogP contribution in [0, 0.1) is 6.92 Å². The van der Waals surface area contributed by atoms with E-state index in [4.69, 9.17) is 16.3 Å². The Hall–Kier alpha value is -2.22. The van der Waals surface area contributed by atoms with Crippen molar-refractivity contribution in [1.29, 1.82) is 0 Å². The quantitative estimate of drug-likeness (QED) is 0.567. The van der Waals surface area contributed by atoms with Gasteiger partial charge in [-0.15, -0.1) is 0 Å². The lowest BCUT2D eigenvalue weighted by Crippen LogP contribution is -2.28. The van der Waals surface area contributed by atoms with Gasteiger partial charge in [0.2, 0.25) is 5.91 Å². The highest BCUT2D eigenvalue weighted by molar-refractivity contribution is 7.97. The Morgan fingerprint density at radius 1 is 1.37 bits per heavy atom. The van der Waals surface area contributed by atoms with Gasteiger partial charge >= 0.3 is 0 Å². The molecule has 0 radical (unpaired) electrons. The number of nitrogens with one attached hydrogen (secondary N) is 2. The lowest BCUT2D eigenvalue weighted by Gasteiger charge is -2.19. The molecule has 8 heteroatoms. The number of H-pyrrole nitrogens is 1. The SMILES string of the molecule is CCN(CC(=O)Nc1ccc(OC)c(Cl)c1)Sc1cc(C)cc2cn[nH]c12. The van der Waals surface area contributed by atoms with Crippen LogP contribution in [0.4, 0.5) is 5.69 Å². The van der Waals surface area contributed by atoms with Gasteiger partial charge in [-0.25, -0.2) is 4.31 Å². The normalized spacial score (nSPS) is 11.1. The number of aromatic amines is 1. The molecule has 3 rings (SSSR count). The van der Waals surface area contributed by atoms with Gasteiger partial charge in [0.25, 0.3) is 0 Å². The average Bonchev–Trinajstić information content (AvgIpc) is 3.09. The summed E-state index contributed by atoms with van der Waals surface area (Å²) < 4.78 is 7.12. The van der Waals surface area contributed by atoms with Gasteiger partial charge in [-0.3, -0.25) is 9.89 Å². The van der Waals surface area contributed by atoms with E-state index in [-0.39, 0.29) is 12.5 Å². The second-order valence-electron chi connectivity index (χ2n) is 6.04. The first-order valence-electron chi connectivity index (χ1n) is 8.50. The molecule has 0 aliphatic heterocycles. The fourth-order valence-corrected chi connectivity index (χ4v) is 4.03. The molecule has 0 unspecified atom stereocenters. The van der Waals surface area contributed by atoms with Crippen LogP contribution in [0.5, 0.6) is 5.75 Å². The summed E-state index contributed by atoms with van der Waals surface area (Å²) in [4.78, 5) is 13.5. The molecule has 0 spiro atoms. The molecule has 1 aromatic heterocycles. The van der Waals surface area contributed by atoms with E-state index in [0.29, 0.717) is 23.0 Å². The Balaban J connectivity index is 1.68. The van der Waals surface area contributed by atoms with Crippen molar-refractivity contribution in [2.75, 3.05) is 25.5 Å². The fraction of sp³-hybridized carbons (Fsp3) is 0.263. The first-order chi connectivity index (χ1) is 13.0. The molecule has 0 fully saturated rings. The summed E-state index contributed by atoms with van der Waals surface area (Å²) in [5, 5.41) is 11.5. The zero-order valence-electron chi connectivity index (χ0n) is 15.4. The molecule has 0 saturated carbocycles. The monoisotopic (exact) mass is 404 g/mol. The molecule has 1 heterocycles. The molecule has 0 aliphatic rings. The molecule has 142 valence electrons. The number of methoxy groups -OCH3 is 1. The standard InChI is InChI=1S/C19H21ClN4O2S/c1-4-24(27-17-8-12(2)7-13-10-21-23-19(13)17)11-18(25)22-14-5-6-16(26-3)15(20)9-14/h5-10H,4,11H2,1-3H3,(H,21,23)(H,22,25). The zero-order chi connectivity index (χ0) is 19.4. The maximum absolute atomic E-state index is 12.5. The predicted octanol–water partition coefficient (Wildman–Crippen LogP) is 4.50. The van der Waals surface area contributed by atoms with E-state index >= 15 is 0 Å². The topological polar surface area (TPSA) is 70.2 Å². The van der Waals surface area contributed by atoms with E-state index in [1.807, 2.05) is 24.3 Å². The summed E-state index contributed by atoms with van der Waals surface area (Å²) >= 11 is 7.65. The number of benzene rings is 2. The van der Waals surface area contributed by atoms with E-state index in [2.05, 4.69) is 27.6 Å². The van der Waals surface area contributed by atoms with Crippen LogP contribution in [0.3, 0.4) is 0 Å². The molecule has 0 aliphatic carbocycles. The molecular weight excluding hydrogens is 384 g/mol. The molecule has 2 aromatic carbocycles. The van der Waals surface area contributed by atoms with Crippen molar-refractivity contribution in [2.24, 2.45) is 0 Å². The third kappa shape index (κ3) is 4.74. The number of rotatable bonds is 7. The molecule has 3 aromatic rings. The van der Waals surface area contributed by atoms with E-state index < -0.39 is 0 Å². The van der Waals surface area contributed by atoms with Crippen molar-refractivity contribution in [3.05, 3.63) is 47.1 Å². The Morgan fingerprint density at radius 3 is 2.89 bits per heavy atom. The largest absolute Gasteiger partial charge is 0.495 e. The zero-order valence-corrected chi connectivity index (χ0v) is 16.9. The van der Waals surface area contributed by atoms with Gasteiger partial charge in [0.15, 0.2) is 0 Å². The van der Waals surface area contributed by atoms with Crippen LogP contribution in [-0.2, 0) is 4.79 Å². The van der Waals surface area contributed by atoms with Crippen LogP contribution in [0.2, 0.25) is 5.02 Å². The van der Waals surface area contributed by atoms with E-state index in [0.717, 1.165) is 21.4 Å². The molecule has 0 bridgehead atoms. The molecule has 27 heavy (non-hydrogen) atoms. The predicted molar refractivity (Wildman–Crippen MR) is 111 cm³/mol. The minimum atomic E-state index is -0.112. The molecule has 0 saturated heterocycles. The number of halogens is 1. The van der Waals surface area contributed by atoms with Crippen LogP contribution in [-0.4, -0.2) is 40.6 Å². The number of fused-ring (bicyclic) bond motifs is 1. The number of amides is 1. The summed E-state index contributed by atoms with van der Waals surface area (Å²) in [5.41, 5.74) is 2.77. The van der Waals surface area contributed by atoms with Crippen molar-refractivity contribution in [1.82, 2.24) is 14.5 Å². The molecule has 1 amide bonds. The highest BCUT2D eigenvalue weighted by atomic mass is 35.5. The second-order valence-corrected chi connectivity index (χ2v) is 7.59. The number of likely N-dealkylation sites (N-methyl/N-ethyl adjacent to an activating group) is 1. The number of carbonyl (C=O) groups is 1. The van der Waals surface area contributed by atoms with Crippen molar-refractivity contribution < 1.29 is 9.53 Å². The molecular formula is C19H21ClN4O2S. The Bertz CT molecular complexity index is 960. The Labute approximate surface area is 167 Å². The van der Waals surface area contributed by atoms with Crippen LogP contribution in [0.15, 0.2) is 41.4 Å². The average molecular weight is 405 g/mol. The van der Waals surface area contributed by atoms with Gasteiger partial charge in [-0.1, -0.05) is 18.5 Å². The van der Waals surface area contributed by atoms with Gasteiger partial charge in [-0.2, -0.15) is 5.10 Å². The van der Waals surface area contributed by atoms with E-state index in [1.54, 1.807) is 37.3 Å². The highest BCUT2D eigenvalue weighted by Gasteiger charge is 2.14. The summed E-state index contributed by atoms with van der Waals surface area (Å²) in [6.45, 7) is 5.02. The summed E-state index contributed by atoms with van der Waals surface area (Å²) in [5.74, 6) is 0.461. The molecule has 0 atom stereocenters. The Kier molecular flexibility index (Phi) is 6.26. The van der Waals surface area contributed by atoms with Gasteiger partial charge in [0, 0.05) is 22.5 Å². The minimum absolute atomic E-state index is 0.112. The number of anilines is 1.